The molecule has 0 aromatic heterocycles. The lowest BCUT2D eigenvalue weighted by Crippen LogP contribution is -2.43. The van der Waals surface area contributed by atoms with E-state index < -0.39 is 35.6 Å². The standard InChI is InChI=1S/C26H42N4O8/c1-17(2)24(35)37-13-8-10-27-22(33)23(34)30-16-19(5)15-26(6,7)9-11-28-20(31)21(32)29-12-14-38-25(36)18(3)4/h19H,1,3,8-16H2,2,4-7H3,(H,27,33)(H,28,31)(H,29,32)(H,30,34). The molecule has 0 saturated carbocycles. The van der Waals surface area contributed by atoms with Gasteiger partial charge in [-0.15, -0.1) is 0 Å². The number of rotatable bonds is 16. The fourth-order valence-electron chi connectivity index (χ4n) is 3.21. The normalized spacial score (nSPS) is 11.4. The van der Waals surface area contributed by atoms with Gasteiger partial charge in [-0.2, -0.15) is 0 Å². The highest BCUT2D eigenvalue weighted by Crippen LogP contribution is 2.28. The highest BCUT2D eigenvalue weighted by molar-refractivity contribution is 6.35. The lowest BCUT2D eigenvalue weighted by Gasteiger charge is -2.28. The maximum atomic E-state index is 12.0. The summed E-state index contributed by atoms with van der Waals surface area (Å²) in [6, 6.07) is 0. The van der Waals surface area contributed by atoms with Gasteiger partial charge in [0.05, 0.1) is 13.2 Å². The second-order valence-electron chi connectivity index (χ2n) is 9.89. The maximum Gasteiger partial charge on any atom is 0.333 e. The maximum absolute atomic E-state index is 12.0. The van der Waals surface area contributed by atoms with Crippen LogP contribution in [-0.4, -0.2) is 75.0 Å². The summed E-state index contributed by atoms with van der Waals surface area (Å²) in [7, 11) is 0. The Labute approximate surface area is 224 Å². The van der Waals surface area contributed by atoms with Crippen molar-refractivity contribution >= 4 is 35.6 Å². The monoisotopic (exact) mass is 538 g/mol. The molecule has 1 unspecified atom stereocenters. The van der Waals surface area contributed by atoms with E-state index in [1.54, 1.807) is 0 Å². The average Bonchev–Trinajstić information content (AvgIpc) is 2.83. The SMILES string of the molecule is C=C(C)C(=O)OCCCNC(=O)C(=O)NCC(C)CC(C)(C)CCNC(=O)C(=O)NCCOC(=O)C(=C)C. The first-order valence-corrected chi connectivity index (χ1v) is 12.4. The van der Waals surface area contributed by atoms with Gasteiger partial charge in [-0.1, -0.05) is 33.9 Å². The lowest BCUT2D eigenvalue weighted by atomic mass is 9.80. The number of ether oxygens (including phenoxy) is 2. The van der Waals surface area contributed by atoms with Gasteiger partial charge in [-0.25, -0.2) is 9.59 Å². The molecule has 0 aliphatic heterocycles. The van der Waals surface area contributed by atoms with Gasteiger partial charge in [0.2, 0.25) is 0 Å². The van der Waals surface area contributed by atoms with Crippen LogP contribution in [0.25, 0.3) is 0 Å². The summed E-state index contributed by atoms with van der Waals surface area (Å²) in [6.45, 7) is 16.7. The van der Waals surface area contributed by atoms with E-state index in [9.17, 15) is 28.8 Å². The average molecular weight is 539 g/mol. The Hall–Kier alpha value is -3.70. The summed E-state index contributed by atoms with van der Waals surface area (Å²) < 4.78 is 9.74. The van der Waals surface area contributed by atoms with Crippen molar-refractivity contribution in [3.8, 4) is 0 Å². The Kier molecular flexibility index (Phi) is 16.0. The molecule has 0 rings (SSSR count). The van der Waals surface area contributed by atoms with Gasteiger partial charge < -0.3 is 30.7 Å². The molecule has 0 spiro atoms. The van der Waals surface area contributed by atoms with E-state index in [0.29, 0.717) is 19.3 Å². The second kappa shape index (κ2) is 17.7. The lowest BCUT2D eigenvalue weighted by molar-refractivity contribution is -0.141. The summed E-state index contributed by atoms with van der Waals surface area (Å²) in [6.07, 6.45) is 1.64. The quantitative estimate of drug-likeness (QED) is 0.0954. The van der Waals surface area contributed by atoms with Crippen molar-refractivity contribution in [2.45, 2.75) is 53.9 Å². The molecule has 0 aromatic rings. The Bertz CT molecular complexity index is 898. The zero-order valence-corrected chi connectivity index (χ0v) is 23.1. The zero-order valence-electron chi connectivity index (χ0n) is 23.1. The third-order valence-electron chi connectivity index (χ3n) is 5.17. The second-order valence-corrected chi connectivity index (χ2v) is 9.89. The molecule has 0 heterocycles. The molecule has 0 saturated heterocycles. The number of nitrogens with one attached hydrogen (secondary N) is 4. The van der Waals surface area contributed by atoms with E-state index in [1.165, 1.54) is 13.8 Å². The van der Waals surface area contributed by atoms with Gasteiger partial charge in [-0.3, -0.25) is 19.2 Å². The predicted molar refractivity (Wildman–Crippen MR) is 140 cm³/mol. The van der Waals surface area contributed by atoms with Crippen molar-refractivity contribution in [2.75, 3.05) is 39.4 Å². The molecule has 0 fully saturated rings. The largest absolute Gasteiger partial charge is 0.462 e. The molecular weight excluding hydrogens is 496 g/mol. The van der Waals surface area contributed by atoms with Gasteiger partial charge in [-0.05, 0) is 44.4 Å². The Morgan fingerprint density at radius 1 is 0.711 bits per heavy atom. The number of hydrogen-bond acceptors (Lipinski definition) is 8. The van der Waals surface area contributed by atoms with Gasteiger partial charge in [0, 0.05) is 30.8 Å². The summed E-state index contributed by atoms with van der Waals surface area (Å²) in [5.74, 6) is -4.15. The Morgan fingerprint density at radius 2 is 1.16 bits per heavy atom. The number of carbonyl (C=O) groups is 6. The summed E-state index contributed by atoms with van der Waals surface area (Å²) in [4.78, 5) is 70.2. The molecule has 0 aliphatic rings. The van der Waals surface area contributed by atoms with Crippen molar-refractivity contribution in [1.82, 2.24) is 21.3 Å². The van der Waals surface area contributed by atoms with Crippen molar-refractivity contribution in [1.29, 1.82) is 0 Å². The minimum atomic E-state index is -0.823. The van der Waals surface area contributed by atoms with E-state index in [0.717, 1.165) is 0 Å². The smallest absolute Gasteiger partial charge is 0.333 e. The number of amides is 4. The van der Waals surface area contributed by atoms with E-state index >= 15 is 0 Å². The first kappa shape index (κ1) is 34.3. The van der Waals surface area contributed by atoms with Gasteiger partial charge in [0.25, 0.3) is 0 Å². The van der Waals surface area contributed by atoms with Crippen LogP contribution in [0.4, 0.5) is 0 Å². The summed E-state index contributed by atoms with van der Waals surface area (Å²) in [5, 5.41) is 9.99. The molecule has 214 valence electrons. The first-order chi connectivity index (χ1) is 17.7. The Balaban J connectivity index is 4.15. The Morgan fingerprint density at radius 3 is 1.68 bits per heavy atom. The van der Waals surface area contributed by atoms with Crippen molar-refractivity contribution in [3.05, 3.63) is 24.3 Å². The molecule has 12 nitrogen and oxygen atoms in total. The van der Waals surface area contributed by atoms with Gasteiger partial charge >= 0.3 is 35.6 Å². The van der Waals surface area contributed by atoms with Crippen LogP contribution in [0.5, 0.6) is 0 Å². The summed E-state index contributed by atoms with van der Waals surface area (Å²) in [5.41, 5.74) is 0.315. The highest BCUT2D eigenvalue weighted by atomic mass is 16.5. The van der Waals surface area contributed by atoms with Gasteiger partial charge in [0.15, 0.2) is 0 Å². The third-order valence-corrected chi connectivity index (χ3v) is 5.17. The molecule has 0 bridgehead atoms. The van der Waals surface area contributed by atoms with Crippen LogP contribution in [0.2, 0.25) is 0 Å². The number of hydrogen-bond donors (Lipinski definition) is 4. The molecule has 4 amide bonds. The molecule has 12 heteroatoms. The summed E-state index contributed by atoms with van der Waals surface area (Å²) >= 11 is 0. The van der Waals surface area contributed by atoms with E-state index in [-0.39, 0.29) is 61.9 Å². The number of esters is 2. The molecule has 0 radical (unpaired) electrons. The zero-order chi connectivity index (χ0) is 29.3. The van der Waals surface area contributed by atoms with Crippen LogP contribution in [0.15, 0.2) is 24.3 Å². The van der Waals surface area contributed by atoms with Crippen LogP contribution < -0.4 is 21.3 Å². The molecule has 0 aliphatic carbocycles. The van der Waals surface area contributed by atoms with Crippen molar-refractivity contribution < 1.29 is 38.2 Å². The predicted octanol–water partition coefficient (Wildman–Crippen LogP) is 0.522. The molecule has 1 atom stereocenters. The minimum Gasteiger partial charge on any atom is -0.462 e. The van der Waals surface area contributed by atoms with Crippen LogP contribution >= 0.6 is 0 Å². The fraction of sp³-hybridized carbons (Fsp3) is 0.615. The molecule has 4 N–H and O–H groups in total. The van der Waals surface area contributed by atoms with Crippen LogP contribution in [-0.2, 0) is 38.2 Å². The van der Waals surface area contributed by atoms with Crippen LogP contribution in [0.3, 0.4) is 0 Å². The van der Waals surface area contributed by atoms with Crippen LogP contribution in [0, 0.1) is 11.3 Å². The van der Waals surface area contributed by atoms with Crippen molar-refractivity contribution in [2.24, 2.45) is 11.3 Å². The van der Waals surface area contributed by atoms with E-state index in [2.05, 4.69) is 34.4 Å². The van der Waals surface area contributed by atoms with Crippen LogP contribution in [0.1, 0.15) is 53.9 Å². The van der Waals surface area contributed by atoms with Gasteiger partial charge in [0.1, 0.15) is 6.61 Å². The fourth-order valence-corrected chi connectivity index (χ4v) is 3.21. The minimum absolute atomic E-state index is 0.00288. The highest BCUT2D eigenvalue weighted by Gasteiger charge is 2.23. The van der Waals surface area contributed by atoms with Crippen molar-refractivity contribution in [3.63, 3.8) is 0 Å². The van der Waals surface area contributed by atoms with E-state index in [1.807, 2.05) is 20.8 Å². The molecule has 38 heavy (non-hydrogen) atoms. The first-order valence-electron chi connectivity index (χ1n) is 12.4. The van der Waals surface area contributed by atoms with E-state index in [4.69, 9.17) is 9.47 Å². The topological polar surface area (TPSA) is 169 Å². The third kappa shape index (κ3) is 16.1. The molecule has 0 aromatic carbocycles. The molecular formula is C26H42N4O8. The number of carbonyl (C=O) groups excluding carboxylic acids is 6.